The van der Waals surface area contributed by atoms with Gasteiger partial charge < -0.3 is 19.6 Å². The number of nitrogens with zero attached hydrogens (tertiary/aromatic N) is 4. The molecule has 1 unspecified atom stereocenters. The molecule has 0 bridgehead atoms. The second kappa shape index (κ2) is 11.0. The molecule has 2 aliphatic heterocycles. The number of amides is 1. The zero-order valence-electron chi connectivity index (χ0n) is 18.7. The van der Waals surface area contributed by atoms with E-state index in [4.69, 9.17) is 9.15 Å². The van der Waals surface area contributed by atoms with E-state index in [-0.39, 0.29) is 17.7 Å². The molecule has 174 valence electrons. The van der Waals surface area contributed by atoms with E-state index >= 15 is 0 Å². The van der Waals surface area contributed by atoms with Gasteiger partial charge in [-0.3, -0.25) is 19.5 Å². The average Bonchev–Trinajstić information content (AvgIpc) is 3.24. The molecule has 1 amide bonds. The Kier molecular flexibility index (Phi) is 7.88. The van der Waals surface area contributed by atoms with Crippen LogP contribution >= 0.6 is 0 Å². The molecule has 0 radical (unpaired) electrons. The fourth-order valence-electron chi connectivity index (χ4n) is 4.16. The SMILES string of the molecule is Cc1cccc(NC(=O)c2coc(CN3CCN(CC(O)CN4CCOCC4)CC3)n2)c1. The lowest BCUT2D eigenvalue weighted by Gasteiger charge is -2.36. The molecule has 1 aromatic carbocycles. The van der Waals surface area contributed by atoms with Crippen LogP contribution in [0.5, 0.6) is 0 Å². The molecule has 4 rings (SSSR count). The Balaban J connectivity index is 1.19. The second-order valence-electron chi connectivity index (χ2n) is 8.59. The number of carbonyl (C=O) groups excluding carboxylic acids is 1. The van der Waals surface area contributed by atoms with Crippen molar-refractivity contribution in [2.75, 3.05) is 70.9 Å². The van der Waals surface area contributed by atoms with Gasteiger partial charge in [-0.15, -0.1) is 0 Å². The van der Waals surface area contributed by atoms with E-state index < -0.39 is 0 Å². The Bertz CT molecular complexity index is 875. The molecule has 0 saturated carbocycles. The van der Waals surface area contributed by atoms with Crippen LogP contribution in [-0.4, -0.2) is 102 Å². The number of aliphatic hydroxyl groups is 1. The highest BCUT2D eigenvalue weighted by Crippen LogP contribution is 2.13. The molecule has 3 heterocycles. The van der Waals surface area contributed by atoms with Gasteiger partial charge in [0.25, 0.3) is 5.91 Å². The number of β-amino-alcohol motifs (C(OH)–C–C–N with tert-alkyl or cyclic N) is 1. The summed E-state index contributed by atoms with van der Waals surface area (Å²) in [5.74, 6) is 0.268. The van der Waals surface area contributed by atoms with Crippen LogP contribution in [-0.2, 0) is 11.3 Å². The summed E-state index contributed by atoms with van der Waals surface area (Å²) in [6.45, 7) is 10.8. The van der Waals surface area contributed by atoms with E-state index in [1.165, 1.54) is 6.26 Å². The average molecular weight is 444 g/mol. The van der Waals surface area contributed by atoms with Crippen molar-refractivity contribution in [1.29, 1.82) is 0 Å². The summed E-state index contributed by atoms with van der Waals surface area (Å²) >= 11 is 0. The first-order valence-electron chi connectivity index (χ1n) is 11.3. The second-order valence-corrected chi connectivity index (χ2v) is 8.59. The first-order valence-corrected chi connectivity index (χ1v) is 11.3. The number of carbonyl (C=O) groups is 1. The van der Waals surface area contributed by atoms with Crippen molar-refractivity contribution in [3.05, 3.63) is 47.7 Å². The number of hydrogen-bond donors (Lipinski definition) is 2. The van der Waals surface area contributed by atoms with E-state index in [0.717, 1.165) is 63.7 Å². The number of anilines is 1. The fraction of sp³-hybridized carbons (Fsp3) is 0.565. The van der Waals surface area contributed by atoms with Gasteiger partial charge in [-0.05, 0) is 24.6 Å². The maximum Gasteiger partial charge on any atom is 0.277 e. The number of piperazine rings is 1. The molecule has 9 nitrogen and oxygen atoms in total. The van der Waals surface area contributed by atoms with Gasteiger partial charge in [0.05, 0.1) is 25.9 Å². The Labute approximate surface area is 188 Å². The van der Waals surface area contributed by atoms with Crippen molar-refractivity contribution in [2.24, 2.45) is 0 Å². The highest BCUT2D eigenvalue weighted by Gasteiger charge is 2.23. The topological polar surface area (TPSA) is 94.3 Å². The number of aliphatic hydroxyl groups excluding tert-OH is 1. The maximum absolute atomic E-state index is 12.4. The van der Waals surface area contributed by atoms with Gasteiger partial charge in [-0.1, -0.05) is 12.1 Å². The summed E-state index contributed by atoms with van der Waals surface area (Å²) in [6, 6.07) is 7.65. The predicted octanol–water partition coefficient (Wildman–Crippen LogP) is 1.05. The van der Waals surface area contributed by atoms with E-state index in [0.29, 0.717) is 25.5 Å². The third kappa shape index (κ3) is 6.60. The van der Waals surface area contributed by atoms with Gasteiger partial charge in [0, 0.05) is 58.0 Å². The van der Waals surface area contributed by atoms with Crippen molar-refractivity contribution in [1.82, 2.24) is 19.7 Å². The van der Waals surface area contributed by atoms with E-state index in [2.05, 4.69) is 25.0 Å². The van der Waals surface area contributed by atoms with Crippen LogP contribution in [0.3, 0.4) is 0 Å². The third-order valence-electron chi connectivity index (χ3n) is 5.93. The molecule has 0 aliphatic carbocycles. The normalized spacial score (nSPS) is 19.7. The van der Waals surface area contributed by atoms with Crippen molar-refractivity contribution < 1.29 is 19.1 Å². The lowest BCUT2D eigenvalue weighted by molar-refractivity contribution is 0.00187. The largest absolute Gasteiger partial charge is 0.447 e. The molecule has 2 aliphatic rings. The van der Waals surface area contributed by atoms with Crippen molar-refractivity contribution in [2.45, 2.75) is 19.6 Å². The number of aryl methyl sites for hydroxylation is 1. The number of rotatable bonds is 8. The minimum atomic E-state index is -0.346. The van der Waals surface area contributed by atoms with E-state index in [1.807, 2.05) is 31.2 Å². The predicted molar refractivity (Wildman–Crippen MR) is 121 cm³/mol. The molecule has 0 spiro atoms. The number of hydrogen-bond acceptors (Lipinski definition) is 8. The molecular weight excluding hydrogens is 410 g/mol. The van der Waals surface area contributed by atoms with Gasteiger partial charge in [0.2, 0.25) is 5.89 Å². The molecule has 2 saturated heterocycles. The molecule has 2 N–H and O–H groups in total. The number of benzene rings is 1. The van der Waals surface area contributed by atoms with Crippen LogP contribution in [0.25, 0.3) is 0 Å². The van der Waals surface area contributed by atoms with E-state index in [1.54, 1.807) is 0 Å². The van der Waals surface area contributed by atoms with Crippen LogP contribution in [0.2, 0.25) is 0 Å². The number of ether oxygens (including phenoxy) is 1. The summed E-state index contributed by atoms with van der Waals surface area (Å²) in [5, 5.41) is 13.3. The van der Waals surface area contributed by atoms with Gasteiger partial charge in [0.15, 0.2) is 5.69 Å². The van der Waals surface area contributed by atoms with Gasteiger partial charge in [-0.25, -0.2) is 4.98 Å². The summed E-state index contributed by atoms with van der Waals surface area (Å²) in [6.07, 6.45) is 1.07. The number of morpholine rings is 1. The minimum Gasteiger partial charge on any atom is -0.447 e. The van der Waals surface area contributed by atoms with Crippen molar-refractivity contribution >= 4 is 11.6 Å². The van der Waals surface area contributed by atoms with Gasteiger partial charge >= 0.3 is 0 Å². The molecular formula is C23H33N5O4. The Hall–Kier alpha value is -2.30. The molecule has 2 fully saturated rings. The molecule has 2 aromatic rings. The summed E-state index contributed by atoms with van der Waals surface area (Å²) < 4.78 is 10.9. The smallest absolute Gasteiger partial charge is 0.277 e. The Morgan fingerprint density at radius 2 is 1.78 bits per heavy atom. The lowest BCUT2D eigenvalue weighted by atomic mass is 10.2. The fourth-order valence-corrected chi connectivity index (χ4v) is 4.16. The molecule has 32 heavy (non-hydrogen) atoms. The van der Waals surface area contributed by atoms with Crippen LogP contribution in [0.15, 0.2) is 34.9 Å². The molecule has 9 heteroatoms. The highest BCUT2D eigenvalue weighted by molar-refractivity contribution is 6.02. The summed E-state index contributed by atoms with van der Waals surface area (Å²) in [4.78, 5) is 23.6. The highest BCUT2D eigenvalue weighted by atomic mass is 16.5. The summed E-state index contributed by atoms with van der Waals surface area (Å²) in [7, 11) is 0. The lowest BCUT2D eigenvalue weighted by Crippen LogP contribution is -2.50. The number of aromatic nitrogens is 1. The van der Waals surface area contributed by atoms with Crippen molar-refractivity contribution in [3.63, 3.8) is 0 Å². The molecule has 1 atom stereocenters. The summed E-state index contributed by atoms with van der Waals surface area (Å²) in [5.41, 5.74) is 2.11. The third-order valence-corrected chi connectivity index (χ3v) is 5.93. The molecule has 1 aromatic heterocycles. The van der Waals surface area contributed by atoms with Crippen LogP contribution in [0.4, 0.5) is 5.69 Å². The number of oxazole rings is 1. The van der Waals surface area contributed by atoms with Crippen LogP contribution < -0.4 is 5.32 Å². The van der Waals surface area contributed by atoms with E-state index in [9.17, 15) is 9.90 Å². The monoisotopic (exact) mass is 443 g/mol. The first-order chi connectivity index (χ1) is 15.5. The standard InChI is InChI=1S/C23H33N5O4/c1-18-3-2-4-19(13-18)24-23(30)21-17-32-22(25-21)16-27-7-5-26(6-8-27)14-20(29)15-28-9-11-31-12-10-28/h2-4,13,17,20,29H,5-12,14-16H2,1H3,(H,24,30). The van der Waals surface area contributed by atoms with Crippen molar-refractivity contribution in [3.8, 4) is 0 Å². The Morgan fingerprint density at radius 3 is 2.50 bits per heavy atom. The Morgan fingerprint density at radius 1 is 1.09 bits per heavy atom. The zero-order chi connectivity index (χ0) is 22.3. The van der Waals surface area contributed by atoms with Gasteiger partial charge in [0.1, 0.15) is 6.26 Å². The van der Waals surface area contributed by atoms with Crippen LogP contribution in [0, 0.1) is 6.92 Å². The maximum atomic E-state index is 12.4. The first kappa shape index (κ1) is 22.9. The van der Waals surface area contributed by atoms with Crippen LogP contribution in [0.1, 0.15) is 21.9 Å². The number of nitrogens with one attached hydrogen (secondary N) is 1. The minimum absolute atomic E-state index is 0.273. The quantitative estimate of drug-likeness (QED) is 0.625. The zero-order valence-corrected chi connectivity index (χ0v) is 18.7. The van der Waals surface area contributed by atoms with Gasteiger partial charge in [-0.2, -0.15) is 0 Å².